The van der Waals surface area contributed by atoms with Crippen LogP contribution in [0.5, 0.6) is 0 Å². The van der Waals surface area contributed by atoms with Gasteiger partial charge in [0, 0.05) is 50.9 Å². The molecular formula is C24H29FN4O3. The summed E-state index contributed by atoms with van der Waals surface area (Å²) in [4.78, 5) is 32.1. The van der Waals surface area contributed by atoms with Crippen molar-refractivity contribution in [2.75, 3.05) is 31.6 Å². The molecule has 170 valence electrons. The Morgan fingerprint density at radius 2 is 1.78 bits per heavy atom. The Hall–Kier alpha value is -2.84. The van der Waals surface area contributed by atoms with Crippen LogP contribution in [0.25, 0.3) is 0 Å². The van der Waals surface area contributed by atoms with Crippen LogP contribution in [0.2, 0.25) is 0 Å². The fourth-order valence-electron chi connectivity index (χ4n) is 4.39. The lowest BCUT2D eigenvalue weighted by atomic mass is 9.87. The van der Waals surface area contributed by atoms with E-state index < -0.39 is 0 Å². The minimum Gasteiger partial charge on any atom is -0.376 e. The van der Waals surface area contributed by atoms with Gasteiger partial charge >= 0.3 is 0 Å². The van der Waals surface area contributed by atoms with E-state index in [4.69, 9.17) is 4.74 Å². The van der Waals surface area contributed by atoms with E-state index in [0.29, 0.717) is 38.3 Å². The molecule has 3 atom stereocenters. The number of pyridine rings is 1. The first kappa shape index (κ1) is 22.4. The van der Waals surface area contributed by atoms with E-state index in [-0.39, 0.29) is 35.6 Å². The Kier molecular flexibility index (Phi) is 7.44. The van der Waals surface area contributed by atoms with Crippen LogP contribution >= 0.6 is 0 Å². The number of nitrogens with zero attached hydrogens (tertiary/aromatic N) is 2. The zero-order chi connectivity index (χ0) is 22.3. The fourth-order valence-corrected chi connectivity index (χ4v) is 4.39. The van der Waals surface area contributed by atoms with E-state index in [1.807, 2.05) is 12.1 Å². The van der Waals surface area contributed by atoms with Gasteiger partial charge in [0.1, 0.15) is 5.82 Å². The van der Waals surface area contributed by atoms with Crippen molar-refractivity contribution in [3.05, 3.63) is 60.2 Å². The van der Waals surface area contributed by atoms with Crippen molar-refractivity contribution in [3.63, 3.8) is 0 Å². The predicted octanol–water partition coefficient (Wildman–Crippen LogP) is 2.59. The highest BCUT2D eigenvalue weighted by Crippen LogP contribution is 2.25. The summed E-state index contributed by atoms with van der Waals surface area (Å²) in [5, 5.41) is 5.89. The van der Waals surface area contributed by atoms with Crippen LogP contribution in [0.15, 0.2) is 48.8 Å². The second kappa shape index (κ2) is 10.7. The predicted molar refractivity (Wildman–Crippen MR) is 118 cm³/mol. The zero-order valence-corrected chi connectivity index (χ0v) is 18.0. The second-order valence-electron chi connectivity index (χ2n) is 8.56. The lowest BCUT2D eigenvalue weighted by Gasteiger charge is -2.36. The van der Waals surface area contributed by atoms with E-state index >= 15 is 0 Å². The first-order valence-electron chi connectivity index (χ1n) is 11.1. The van der Waals surface area contributed by atoms with Gasteiger partial charge in [-0.3, -0.25) is 19.5 Å². The molecule has 2 fully saturated rings. The van der Waals surface area contributed by atoms with Crippen LogP contribution in [0.3, 0.4) is 0 Å². The molecule has 2 aromatic rings. The van der Waals surface area contributed by atoms with Gasteiger partial charge in [-0.15, -0.1) is 0 Å². The van der Waals surface area contributed by atoms with Crippen molar-refractivity contribution in [1.82, 2.24) is 15.2 Å². The highest BCUT2D eigenvalue weighted by atomic mass is 19.1. The zero-order valence-electron chi connectivity index (χ0n) is 18.0. The molecule has 2 amide bonds. The minimum absolute atomic E-state index is 0.0421. The molecule has 1 unspecified atom stereocenters. The standard InChI is InChI=1S/C24H29FN4O3/c25-20-3-5-21(6-4-20)28-24(31)19-12-18(23(30)27-13-22-2-1-11-32-22)15-29(16-19)14-17-7-9-26-10-8-17/h3-10,18-19,22H,1-2,11-16H2,(H,27,30)(H,28,31)/t18-,19+,22?/m0/s1. The quantitative estimate of drug-likeness (QED) is 0.692. The van der Waals surface area contributed by atoms with Crippen LogP contribution in [-0.4, -0.2) is 54.0 Å². The molecule has 4 rings (SSSR count). The number of anilines is 1. The Bertz CT molecular complexity index is 903. The second-order valence-corrected chi connectivity index (χ2v) is 8.56. The molecule has 8 heteroatoms. The summed E-state index contributed by atoms with van der Waals surface area (Å²) in [7, 11) is 0. The van der Waals surface area contributed by atoms with Gasteiger partial charge in [0.05, 0.1) is 17.9 Å². The number of carbonyl (C=O) groups excluding carboxylic acids is 2. The van der Waals surface area contributed by atoms with Gasteiger partial charge < -0.3 is 15.4 Å². The summed E-state index contributed by atoms with van der Waals surface area (Å²) in [6.45, 7) is 3.02. The normalized spacial score (nSPS) is 23.6. The van der Waals surface area contributed by atoms with Gasteiger partial charge in [0.2, 0.25) is 11.8 Å². The van der Waals surface area contributed by atoms with Crippen molar-refractivity contribution < 1.29 is 18.7 Å². The summed E-state index contributed by atoms with van der Waals surface area (Å²) < 4.78 is 18.8. The highest BCUT2D eigenvalue weighted by molar-refractivity contribution is 5.93. The third-order valence-corrected chi connectivity index (χ3v) is 6.06. The monoisotopic (exact) mass is 440 g/mol. The molecule has 1 aromatic carbocycles. The summed E-state index contributed by atoms with van der Waals surface area (Å²) in [5.74, 6) is -1.20. The van der Waals surface area contributed by atoms with Crippen LogP contribution in [0, 0.1) is 17.7 Å². The van der Waals surface area contributed by atoms with Crippen molar-refractivity contribution in [1.29, 1.82) is 0 Å². The third-order valence-electron chi connectivity index (χ3n) is 6.06. The van der Waals surface area contributed by atoms with Crippen LogP contribution < -0.4 is 10.6 Å². The van der Waals surface area contributed by atoms with E-state index in [1.165, 1.54) is 24.3 Å². The molecule has 2 N–H and O–H groups in total. The molecule has 3 heterocycles. The Morgan fingerprint density at radius 1 is 1.06 bits per heavy atom. The first-order chi connectivity index (χ1) is 15.6. The van der Waals surface area contributed by atoms with Crippen molar-refractivity contribution in [3.8, 4) is 0 Å². The van der Waals surface area contributed by atoms with Crippen molar-refractivity contribution in [2.24, 2.45) is 11.8 Å². The number of hydrogen-bond donors (Lipinski definition) is 2. The van der Waals surface area contributed by atoms with E-state index in [1.54, 1.807) is 12.4 Å². The van der Waals surface area contributed by atoms with Gasteiger partial charge in [-0.05, 0) is 61.2 Å². The maximum atomic E-state index is 13.2. The highest BCUT2D eigenvalue weighted by Gasteiger charge is 2.35. The maximum absolute atomic E-state index is 13.2. The molecule has 7 nitrogen and oxygen atoms in total. The number of piperidine rings is 1. The minimum atomic E-state index is -0.354. The number of likely N-dealkylation sites (tertiary alicyclic amines) is 1. The number of benzene rings is 1. The number of nitrogens with one attached hydrogen (secondary N) is 2. The average molecular weight is 441 g/mol. The van der Waals surface area contributed by atoms with E-state index in [2.05, 4.69) is 20.5 Å². The molecule has 2 saturated heterocycles. The molecule has 2 aliphatic heterocycles. The third kappa shape index (κ3) is 6.11. The summed E-state index contributed by atoms with van der Waals surface area (Å²) in [6, 6.07) is 9.58. The molecule has 1 aromatic heterocycles. The van der Waals surface area contributed by atoms with Crippen LogP contribution in [-0.2, 0) is 20.9 Å². The smallest absolute Gasteiger partial charge is 0.228 e. The number of hydrogen-bond acceptors (Lipinski definition) is 5. The van der Waals surface area contributed by atoms with Gasteiger partial charge in [-0.2, -0.15) is 0 Å². The van der Waals surface area contributed by atoms with Crippen molar-refractivity contribution in [2.45, 2.75) is 31.9 Å². The maximum Gasteiger partial charge on any atom is 0.228 e. The molecule has 0 bridgehead atoms. The fraction of sp³-hybridized carbons (Fsp3) is 0.458. The Morgan fingerprint density at radius 3 is 2.47 bits per heavy atom. The average Bonchev–Trinajstić information content (AvgIpc) is 3.33. The summed E-state index contributed by atoms with van der Waals surface area (Å²) in [5.41, 5.74) is 1.63. The SMILES string of the molecule is O=C(NCC1CCCO1)[C@H]1C[C@@H](C(=O)Nc2ccc(F)cc2)CN(Cc2ccncc2)C1. The first-order valence-corrected chi connectivity index (χ1v) is 11.1. The number of carbonyl (C=O) groups is 2. The van der Waals surface area contributed by atoms with Gasteiger partial charge in [-0.1, -0.05) is 0 Å². The number of ether oxygens (including phenoxy) is 1. The molecule has 32 heavy (non-hydrogen) atoms. The lowest BCUT2D eigenvalue weighted by molar-refractivity contribution is -0.130. The van der Waals surface area contributed by atoms with Crippen LogP contribution in [0.4, 0.5) is 10.1 Å². The molecule has 2 aliphatic rings. The van der Waals surface area contributed by atoms with Crippen molar-refractivity contribution >= 4 is 17.5 Å². The number of aromatic nitrogens is 1. The molecule has 0 radical (unpaired) electrons. The summed E-state index contributed by atoms with van der Waals surface area (Å²) >= 11 is 0. The van der Waals surface area contributed by atoms with Gasteiger partial charge in [0.25, 0.3) is 0 Å². The lowest BCUT2D eigenvalue weighted by Crippen LogP contribution is -2.49. The molecule has 0 saturated carbocycles. The summed E-state index contributed by atoms with van der Waals surface area (Å²) in [6.07, 6.45) is 6.01. The molecule has 0 aliphatic carbocycles. The molecular weight excluding hydrogens is 411 g/mol. The Labute approximate surface area is 187 Å². The largest absolute Gasteiger partial charge is 0.376 e. The van der Waals surface area contributed by atoms with E-state index in [9.17, 15) is 14.0 Å². The van der Waals surface area contributed by atoms with Crippen LogP contribution in [0.1, 0.15) is 24.8 Å². The number of rotatable bonds is 7. The Balaban J connectivity index is 1.42. The number of halogens is 1. The van der Waals surface area contributed by atoms with Gasteiger partial charge in [0.15, 0.2) is 0 Å². The topological polar surface area (TPSA) is 83.6 Å². The van der Waals surface area contributed by atoms with Gasteiger partial charge in [-0.25, -0.2) is 4.39 Å². The number of amides is 2. The van der Waals surface area contributed by atoms with E-state index in [0.717, 1.165) is 25.0 Å². The molecule has 0 spiro atoms.